The minimum Gasteiger partial charge on any atom is -0.497 e. The van der Waals surface area contributed by atoms with Crippen molar-refractivity contribution in [3.63, 3.8) is 0 Å². The van der Waals surface area contributed by atoms with Crippen molar-refractivity contribution < 1.29 is 18.8 Å². The van der Waals surface area contributed by atoms with Gasteiger partial charge in [0.1, 0.15) is 23.1 Å². The van der Waals surface area contributed by atoms with Crippen molar-refractivity contribution in [2.75, 3.05) is 12.4 Å². The monoisotopic (exact) mass is 390 g/mol. The minimum absolute atomic E-state index is 0.0243. The second-order valence-electron chi connectivity index (χ2n) is 5.94. The molecule has 0 unspecified atom stereocenters. The van der Waals surface area contributed by atoms with Gasteiger partial charge in [-0.25, -0.2) is 0 Å². The van der Waals surface area contributed by atoms with Crippen LogP contribution in [0.5, 0.6) is 11.5 Å². The highest BCUT2D eigenvalue weighted by Crippen LogP contribution is 2.19. The van der Waals surface area contributed by atoms with E-state index in [1.165, 1.54) is 13.2 Å². The summed E-state index contributed by atoms with van der Waals surface area (Å²) in [5, 5.41) is 15.8. The fourth-order valence-electron chi connectivity index (χ4n) is 2.42. The molecule has 0 fully saturated rings. The number of hydrogen-bond acceptors (Lipinski definition) is 7. The van der Waals surface area contributed by atoms with Crippen molar-refractivity contribution in [3.8, 4) is 17.6 Å². The standard InChI is InChI=1S/C21H18N4O4/c1-14-23-20(25-29-14)13-28-18-8-6-15(7-9-18)10-16(12-22)21(26)24-17-4-3-5-19(11-17)27-2/h3-11H,13H2,1-2H3,(H,24,26)/b16-10-. The molecule has 0 atom stereocenters. The van der Waals surface area contributed by atoms with Crippen LogP contribution in [0.15, 0.2) is 58.6 Å². The summed E-state index contributed by atoms with van der Waals surface area (Å²) in [6.07, 6.45) is 1.50. The lowest BCUT2D eigenvalue weighted by Crippen LogP contribution is -2.13. The zero-order valence-corrected chi connectivity index (χ0v) is 15.9. The third-order valence-electron chi connectivity index (χ3n) is 3.82. The molecule has 0 saturated heterocycles. The Morgan fingerprint density at radius 2 is 2.03 bits per heavy atom. The first-order chi connectivity index (χ1) is 14.1. The number of nitriles is 1. The van der Waals surface area contributed by atoms with Crippen LogP contribution in [-0.4, -0.2) is 23.2 Å². The van der Waals surface area contributed by atoms with Crippen LogP contribution in [0.1, 0.15) is 17.3 Å². The fraction of sp³-hybridized carbons (Fsp3) is 0.143. The van der Waals surface area contributed by atoms with Crippen molar-refractivity contribution in [2.45, 2.75) is 13.5 Å². The predicted molar refractivity (Wildman–Crippen MR) is 105 cm³/mol. The Morgan fingerprint density at radius 1 is 1.24 bits per heavy atom. The number of ether oxygens (including phenoxy) is 2. The summed E-state index contributed by atoms with van der Waals surface area (Å²) < 4.78 is 15.6. The van der Waals surface area contributed by atoms with E-state index in [2.05, 4.69) is 15.5 Å². The van der Waals surface area contributed by atoms with Crippen molar-refractivity contribution in [1.29, 1.82) is 5.26 Å². The molecule has 29 heavy (non-hydrogen) atoms. The van der Waals surface area contributed by atoms with Gasteiger partial charge in [0.2, 0.25) is 11.7 Å². The Hall–Kier alpha value is -4.12. The molecule has 0 radical (unpaired) electrons. The molecule has 1 aromatic heterocycles. The molecule has 146 valence electrons. The maximum atomic E-state index is 12.4. The molecular weight excluding hydrogens is 372 g/mol. The molecule has 8 heteroatoms. The highest BCUT2D eigenvalue weighted by atomic mass is 16.5. The van der Waals surface area contributed by atoms with Crippen LogP contribution in [0.3, 0.4) is 0 Å². The number of aryl methyl sites for hydroxylation is 1. The average molecular weight is 390 g/mol. The van der Waals surface area contributed by atoms with E-state index in [4.69, 9.17) is 14.0 Å². The zero-order chi connectivity index (χ0) is 20.6. The zero-order valence-electron chi connectivity index (χ0n) is 15.9. The summed E-state index contributed by atoms with van der Waals surface area (Å²) in [6, 6.07) is 15.8. The number of nitrogens with zero attached hydrogens (tertiary/aromatic N) is 3. The first kappa shape index (κ1) is 19.6. The van der Waals surface area contributed by atoms with Crippen LogP contribution >= 0.6 is 0 Å². The number of carbonyl (C=O) groups excluding carboxylic acids is 1. The van der Waals surface area contributed by atoms with Crippen LogP contribution in [0.25, 0.3) is 6.08 Å². The number of hydrogen-bond donors (Lipinski definition) is 1. The van der Waals surface area contributed by atoms with Gasteiger partial charge in [-0.05, 0) is 35.9 Å². The van der Waals surface area contributed by atoms with Gasteiger partial charge in [-0.1, -0.05) is 23.4 Å². The summed E-state index contributed by atoms with van der Waals surface area (Å²) in [5.41, 5.74) is 1.20. The van der Waals surface area contributed by atoms with E-state index in [0.29, 0.717) is 34.5 Å². The maximum Gasteiger partial charge on any atom is 0.266 e. The third kappa shape index (κ3) is 5.43. The summed E-state index contributed by atoms with van der Waals surface area (Å²) in [5.74, 6) is 1.63. The predicted octanol–water partition coefficient (Wildman–Crippen LogP) is 3.51. The van der Waals surface area contributed by atoms with Crippen molar-refractivity contribution in [2.24, 2.45) is 0 Å². The molecule has 1 heterocycles. The Bertz CT molecular complexity index is 1060. The molecule has 1 N–H and O–H groups in total. The van der Waals surface area contributed by atoms with Gasteiger partial charge in [-0.3, -0.25) is 4.79 Å². The number of carbonyl (C=O) groups is 1. The Labute approximate surface area is 167 Å². The number of methoxy groups -OCH3 is 1. The van der Waals surface area contributed by atoms with Gasteiger partial charge in [0.15, 0.2) is 6.61 Å². The molecule has 3 rings (SSSR count). The lowest BCUT2D eigenvalue weighted by molar-refractivity contribution is -0.112. The number of rotatable bonds is 7. The van der Waals surface area contributed by atoms with E-state index in [9.17, 15) is 10.1 Å². The molecule has 0 saturated carbocycles. The highest BCUT2D eigenvalue weighted by molar-refractivity contribution is 6.09. The summed E-state index contributed by atoms with van der Waals surface area (Å²) in [7, 11) is 1.54. The SMILES string of the molecule is COc1cccc(NC(=O)/C(C#N)=C\c2ccc(OCc3noc(C)n3)cc2)c1. The van der Waals surface area contributed by atoms with E-state index in [0.717, 1.165) is 0 Å². The van der Waals surface area contributed by atoms with Gasteiger partial charge in [0.05, 0.1) is 7.11 Å². The molecule has 0 aliphatic heterocycles. The maximum absolute atomic E-state index is 12.4. The summed E-state index contributed by atoms with van der Waals surface area (Å²) in [4.78, 5) is 16.4. The highest BCUT2D eigenvalue weighted by Gasteiger charge is 2.10. The smallest absolute Gasteiger partial charge is 0.266 e. The number of amides is 1. The van der Waals surface area contributed by atoms with Crippen LogP contribution in [0, 0.1) is 18.3 Å². The van der Waals surface area contributed by atoms with Crippen LogP contribution in [0.4, 0.5) is 5.69 Å². The number of benzene rings is 2. The second kappa shape index (κ2) is 9.19. The molecule has 0 bridgehead atoms. The molecule has 0 aliphatic rings. The number of anilines is 1. The van der Waals surface area contributed by atoms with E-state index in [-0.39, 0.29) is 12.2 Å². The second-order valence-corrected chi connectivity index (χ2v) is 5.94. The topological polar surface area (TPSA) is 110 Å². The molecule has 8 nitrogen and oxygen atoms in total. The van der Waals surface area contributed by atoms with Crippen LogP contribution < -0.4 is 14.8 Å². The van der Waals surface area contributed by atoms with E-state index in [1.54, 1.807) is 55.5 Å². The molecule has 0 aliphatic carbocycles. The number of nitrogens with one attached hydrogen (secondary N) is 1. The lowest BCUT2D eigenvalue weighted by Gasteiger charge is -2.07. The van der Waals surface area contributed by atoms with Crippen molar-refractivity contribution in [1.82, 2.24) is 10.1 Å². The summed E-state index contributed by atoms with van der Waals surface area (Å²) >= 11 is 0. The first-order valence-electron chi connectivity index (χ1n) is 8.66. The normalized spacial score (nSPS) is 10.9. The molecule has 3 aromatic rings. The third-order valence-corrected chi connectivity index (χ3v) is 3.82. The Morgan fingerprint density at radius 3 is 2.69 bits per heavy atom. The van der Waals surface area contributed by atoms with E-state index >= 15 is 0 Å². The lowest BCUT2D eigenvalue weighted by atomic mass is 10.1. The first-order valence-corrected chi connectivity index (χ1v) is 8.66. The van der Waals surface area contributed by atoms with E-state index in [1.807, 2.05) is 6.07 Å². The van der Waals surface area contributed by atoms with Gasteiger partial charge in [0, 0.05) is 18.7 Å². The van der Waals surface area contributed by atoms with Crippen LogP contribution in [-0.2, 0) is 11.4 Å². The van der Waals surface area contributed by atoms with Crippen molar-refractivity contribution >= 4 is 17.7 Å². The average Bonchev–Trinajstić information content (AvgIpc) is 3.16. The quantitative estimate of drug-likeness (QED) is 0.485. The van der Waals surface area contributed by atoms with Gasteiger partial charge in [-0.15, -0.1) is 0 Å². The largest absolute Gasteiger partial charge is 0.497 e. The fourth-order valence-corrected chi connectivity index (χ4v) is 2.42. The Balaban J connectivity index is 1.64. The van der Waals surface area contributed by atoms with Gasteiger partial charge in [0.25, 0.3) is 5.91 Å². The van der Waals surface area contributed by atoms with E-state index < -0.39 is 5.91 Å². The van der Waals surface area contributed by atoms with Gasteiger partial charge in [-0.2, -0.15) is 10.2 Å². The van der Waals surface area contributed by atoms with Gasteiger partial charge < -0.3 is 19.3 Å². The molecular formula is C21H18N4O4. The molecule has 2 aromatic carbocycles. The van der Waals surface area contributed by atoms with Crippen molar-refractivity contribution in [3.05, 3.63) is 71.4 Å². The van der Waals surface area contributed by atoms with Gasteiger partial charge >= 0.3 is 0 Å². The molecule has 0 spiro atoms. The van der Waals surface area contributed by atoms with Crippen LogP contribution in [0.2, 0.25) is 0 Å². The molecule has 1 amide bonds. The minimum atomic E-state index is -0.506. The Kier molecular flexibility index (Phi) is 6.22. The summed E-state index contributed by atoms with van der Waals surface area (Å²) in [6.45, 7) is 1.88. The number of aromatic nitrogens is 2.